The molecule has 2 rings (SSSR count). The summed E-state index contributed by atoms with van der Waals surface area (Å²) in [6.45, 7) is 0. The zero-order valence-corrected chi connectivity index (χ0v) is 11.3. The van der Waals surface area contributed by atoms with E-state index in [4.69, 9.17) is 5.11 Å². The maximum atomic E-state index is 13.8. The van der Waals surface area contributed by atoms with Crippen LogP contribution in [0.3, 0.4) is 0 Å². The van der Waals surface area contributed by atoms with Crippen LogP contribution in [0.25, 0.3) is 11.4 Å². The van der Waals surface area contributed by atoms with Crippen LogP contribution < -0.4 is 0 Å². The highest BCUT2D eigenvalue weighted by atomic mass is 79.9. The number of carboxylic acids is 1. The number of halogens is 2. The second kappa shape index (κ2) is 5.49. The molecule has 1 aromatic heterocycles. The van der Waals surface area contributed by atoms with Gasteiger partial charge >= 0.3 is 5.97 Å². The fraction of sp³-hybridized carbons (Fsp3) is 0.100. The first-order valence-corrected chi connectivity index (χ1v) is 6.57. The van der Waals surface area contributed by atoms with Gasteiger partial charge in [0.25, 0.3) is 0 Å². The minimum atomic E-state index is -0.958. The van der Waals surface area contributed by atoms with Crippen molar-refractivity contribution in [3.63, 3.8) is 0 Å². The molecule has 0 aliphatic carbocycles. The van der Waals surface area contributed by atoms with Crippen molar-refractivity contribution in [1.29, 1.82) is 0 Å². The smallest absolute Gasteiger partial charge is 0.313 e. The summed E-state index contributed by atoms with van der Waals surface area (Å²) < 4.78 is 14.1. The third kappa shape index (κ3) is 2.88. The lowest BCUT2D eigenvalue weighted by Gasteiger charge is -1.99. The second-order valence-electron chi connectivity index (χ2n) is 3.25. The molecule has 1 aromatic carbocycles. The van der Waals surface area contributed by atoms with Gasteiger partial charge in [0.2, 0.25) is 5.16 Å². The number of nitrogens with one attached hydrogen (secondary N) is 1. The van der Waals surface area contributed by atoms with E-state index in [1.807, 2.05) is 0 Å². The SMILES string of the molecule is O=C(O)CSc1n[nH]c(-c2cccc(Br)c2F)n1. The van der Waals surface area contributed by atoms with Crippen molar-refractivity contribution < 1.29 is 14.3 Å². The molecule has 0 aliphatic rings. The Bertz CT molecular complexity index is 590. The van der Waals surface area contributed by atoms with Crippen molar-refractivity contribution in [3.8, 4) is 11.4 Å². The van der Waals surface area contributed by atoms with Crippen LogP contribution in [0.1, 0.15) is 0 Å². The van der Waals surface area contributed by atoms with Gasteiger partial charge in [0.15, 0.2) is 5.82 Å². The largest absolute Gasteiger partial charge is 0.481 e. The van der Waals surface area contributed by atoms with E-state index in [-0.39, 0.29) is 22.3 Å². The molecule has 0 amide bonds. The molecule has 0 radical (unpaired) electrons. The highest BCUT2D eigenvalue weighted by molar-refractivity contribution is 9.10. The van der Waals surface area contributed by atoms with Gasteiger partial charge in [0.1, 0.15) is 5.82 Å². The quantitative estimate of drug-likeness (QED) is 0.842. The van der Waals surface area contributed by atoms with Crippen LogP contribution in [0.15, 0.2) is 27.8 Å². The highest BCUT2D eigenvalue weighted by Gasteiger charge is 2.13. The maximum Gasteiger partial charge on any atom is 0.313 e. The number of aliphatic carboxylic acids is 1. The Hall–Kier alpha value is -1.41. The summed E-state index contributed by atoms with van der Waals surface area (Å²) in [6.07, 6.45) is 0. The van der Waals surface area contributed by atoms with Gasteiger partial charge in [-0.25, -0.2) is 9.37 Å². The van der Waals surface area contributed by atoms with Crippen molar-refractivity contribution in [2.24, 2.45) is 0 Å². The van der Waals surface area contributed by atoms with E-state index < -0.39 is 11.8 Å². The van der Waals surface area contributed by atoms with Crippen LogP contribution >= 0.6 is 27.7 Å². The number of thioether (sulfide) groups is 1. The Morgan fingerprint density at radius 2 is 2.33 bits per heavy atom. The molecule has 2 aromatic rings. The van der Waals surface area contributed by atoms with E-state index in [1.54, 1.807) is 18.2 Å². The summed E-state index contributed by atoms with van der Waals surface area (Å²) in [4.78, 5) is 14.4. The number of aromatic nitrogens is 3. The average Bonchev–Trinajstić information content (AvgIpc) is 2.78. The van der Waals surface area contributed by atoms with E-state index in [1.165, 1.54) is 0 Å². The standard InChI is InChI=1S/C10H7BrFN3O2S/c11-6-3-1-2-5(8(6)12)9-13-10(15-14-9)18-4-7(16)17/h1-3H,4H2,(H,16,17)(H,13,14,15). The number of benzene rings is 1. The lowest BCUT2D eigenvalue weighted by atomic mass is 10.2. The van der Waals surface area contributed by atoms with Crippen LogP contribution in [0.5, 0.6) is 0 Å². The first-order chi connectivity index (χ1) is 8.58. The molecule has 0 atom stereocenters. The minimum Gasteiger partial charge on any atom is -0.481 e. The molecule has 0 spiro atoms. The van der Waals surface area contributed by atoms with E-state index in [0.29, 0.717) is 4.47 Å². The molecule has 94 valence electrons. The molecule has 0 unspecified atom stereocenters. The lowest BCUT2D eigenvalue weighted by Crippen LogP contribution is -1.97. The van der Waals surface area contributed by atoms with E-state index in [0.717, 1.165) is 11.8 Å². The topological polar surface area (TPSA) is 78.9 Å². The Morgan fingerprint density at radius 3 is 3.06 bits per heavy atom. The minimum absolute atomic E-state index is 0.141. The molecule has 5 nitrogen and oxygen atoms in total. The van der Waals surface area contributed by atoms with Gasteiger partial charge in [0.05, 0.1) is 15.8 Å². The Balaban J connectivity index is 2.24. The predicted octanol–water partition coefficient (Wildman–Crippen LogP) is 2.55. The lowest BCUT2D eigenvalue weighted by molar-refractivity contribution is -0.133. The number of H-pyrrole nitrogens is 1. The number of rotatable bonds is 4. The molecule has 0 aliphatic heterocycles. The van der Waals surface area contributed by atoms with E-state index in [9.17, 15) is 9.18 Å². The number of hydrogen-bond donors (Lipinski definition) is 2. The molecular formula is C10H7BrFN3O2S. The Labute approximate surface area is 114 Å². The van der Waals surface area contributed by atoms with Crippen LogP contribution in [0.2, 0.25) is 0 Å². The van der Waals surface area contributed by atoms with E-state index >= 15 is 0 Å². The molecule has 0 saturated heterocycles. The zero-order valence-electron chi connectivity index (χ0n) is 8.85. The average molecular weight is 332 g/mol. The highest BCUT2D eigenvalue weighted by Crippen LogP contribution is 2.26. The van der Waals surface area contributed by atoms with Gasteiger partial charge in [-0.15, -0.1) is 5.10 Å². The number of carbonyl (C=O) groups is 1. The second-order valence-corrected chi connectivity index (χ2v) is 5.05. The zero-order chi connectivity index (χ0) is 13.1. The summed E-state index contributed by atoms with van der Waals surface area (Å²) in [6, 6.07) is 4.82. The monoisotopic (exact) mass is 331 g/mol. The molecule has 0 fully saturated rings. The summed E-state index contributed by atoms with van der Waals surface area (Å²) in [5.74, 6) is -1.27. The third-order valence-electron chi connectivity index (χ3n) is 2.00. The fourth-order valence-electron chi connectivity index (χ4n) is 1.24. The maximum absolute atomic E-state index is 13.8. The van der Waals surface area contributed by atoms with Crippen molar-refractivity contribution in [2.45, 2.75) is 5.16 Å². The fourth-order valence-corrected chi connectivity index (χ4v) is 2.13. The summed E-state index contributed by atoms with van der Waals surface area (Å²) >= 11 is 4.05. The molecule has 2 N–H and O–H groups in total. The van der Waals surface area contributed by atoms with Gasteiger partial charge in [-0.1, -0.05) is 17.8 Å². The van der Waals surface area contributed by atoms with Gasteiger partial charge < -0.3 is 5.11 Å². The summed E-state index contributed by atoms with van der Waals surface area (Å²) in [7, 11) is 0. The van der Waals surface area contributed by atoms with Crippen LogP contribution in [-0.4, -0.2) is 32.0 Å². The predicted molar refractivity (Wildman–Crippen MR) is 67.8 cm³/mol. The first kappa shape index (κ1) is 13.0. The van der Waals surface area contributed by atoms with Crippen molar-refractivity contribution in [2.75, 3.05) is 5.75 Å². The molecular weight excluding hydrogens is 325 g/mol. The number of nitrogens with zero attached hydrogens (tertiary/aromatic N) is 2. The van der Waals surface area contributed by atoms with Crippen molar-refractivity contribution in [3.05, 3.63) is 28.5 Å². The van der Waals surface area contributed by atoms with Crippen LogP contribution in [-0.2, 0) is 4.79 Å². The number of carboxylic acid groups (broad SMARTS) is 1. The van der Waals surface area contributed by atoms with Crippen LogP contribution in [0, 0.1) is 5.82 Å². The molecule has 18 heavy (non-hydrogen) atoms. The summed E-state index contributed by atoms with van der Waals surface area (Å²) in [5.41, 5.74) is 0.277. The van der Waals surface area contributed by atoms with Crippen LogP contribution in [0.4, 0.5) is 4.39 Å². The molecule has 0 saturated carbocycles. The van der Waals surface area contributed by atoms with Gasteiger partial charge in [-0.05, 0) is 28.1 Å². The van der Waals surface area contributed by atoms with E-state index in [2.05, 4.69) is 31.1 Å². The number of hydrogen-bond acceptors (Lipinski definition) is 4. The Kier molecular flexibility index (Phi) is 3.97. The van der Waals surface area contributed by atoms with Gasteiger partial charge in [-0.3, -0.25) is 9.89 Å². The Morgan fingerprint density at radius 1 is 1.56 bits per heavy atom. The molecule has 1 heterocycles. The molecule has 0 bridgehead atoms. The summed E-state index contributed by atoms with van der Waals surface area (Å²) in [5, 5.41) is 15.2. The van der Waals surface area contributed by atoms with Crippen molar-refractivity contribution in [1.82, 2.24) is 15.2 Å². The third-order valence-corrected chi connectivity index (χ3v) is 3.44. The number of aromatic amines is 1. The molecule has 8 heteroatoms. The van der Waals surface area contributed by atoms with Crippen molar-refractivity contribution >= 4 is 33.7 Å². The normalized spacial score (nSPS) is 10.6. The van der Waals surface area contributed by atoms with Gasteiger partial charge in [0, 0.05) is 0 Å². The van der Waals surface area contributed by atoms with Gasteiger partial charge in [-0.2, -0.15) is 0 Å². The first-order valence-electron chi connectivity index (χ1n) is 4.79.